The van der Waals surface area contributed by atoms with Crippen molar-refractivity contribution in [1.82, 2.24) is 5.48 Å². The van der Waals surface area contributed by atoms with E-state index in [-0.39, 0.29) is 0 Å². The molecule has 0 radical (unpaired) electrons. The van der Waals surface area contributed by atoms with Crippen LogP contribution in [0.5, 0.6) is 0 Å². The number of carbonyl (C=O) groups is 1. The molecule has 1 amide bonds. The Bertz CT molecular complexity index is 259. The van der Waals surface area contributed by atoms with Crippen LogP contribution in [0.1, 0.15) is 5.56 Å². The number of benzene rings is 1. The lowest BCUT2D eigenvalue weighted by molar-refractivity contribution is -0.121. The molecular formula is C9H12N2O2. The summed E-state index contributed by atoms with van der Waals surface area (Å²) in [5.74, 6) is 0. The van der Waals surface area contributed by atoms with Crippen LogP contribution in [0.3, 0.4) is 0 Å². The van der Waals surface area contributed by atoms with Crippen LogP contribution in [0, 0.1) is 0 Å². The third kappa shape index (κ3) is 3.13. The molecule has 0 atom stereocenters. The molecule has 0 aliphatic carbocycles. The SMILES string of the molecule is CNc1ccc(CONC=O)cc1. The zero-order valence-corrected chi connectivity index (χ0v) is 7.41. The zero-order chi connectivity index (χ0) is 9.52. The fraction of sp³-hybridized carbons (Fsp3) is 0.222. The first-order valence-electron chi connectivity index (χ1n) is 3.94. The van der Waals surface area contributed by atoms with E-state index in [0.29, 0.717) is 13.0 Å². The summed E-state index contributed by atoms with van der Waals surface area (Å²) < 4.78 is 0. The van der Waals surface area contributed by atoms with E-state index in [4.69, 9.17) is 4.84 Å². The summed E-state index contributed by atoms with van der Waals surface area (Å²) in [7, 11) is 1.86. The van der Waals surface area contributed by atoms with E-state index in [1.54, 1.807) is 0 Å². The minimum absolute atomic E-state index is 0.378. The largest absolute Gasteiger partial charge is 0.388 e. The normalized spacial score (nSPS) is 9.31. The van der Waals surface area contributed by atoms with E-state index >= 15 is 0 Å². The van der Waals surface area contributed by atoms with Gasteiger partial charge in [0.05, 0.1) is 6.61 Å². The summed E-state index contributed by atoms with van der Waals surface area (Å²) in [6, 6.07) is 7.75. The molecule has 0 saturated carbocycles. The van der Waals surface area contributed by atoms with Gasteiger partial charge in [0.15, 0.2) is 0 Å². The molecule has 2 N–H and O–H groups in total. The molecule has 1 aromatic carbocycles. The first-order valence-corrected chi connectivity index (χ1v) is 3.94. The van der Waals surface area contributed by atoms with Gasteiger partial charge in [-0.3, -0.25) is 9.63 Å². The summed E-state index contributed by atoms with van der Waals surface area (Å²) in [6.07, 6.45) is 0.502. The van der Waals surface area contributed by atoms with Gasteiger partial charge in [-0.15, -0.1) is 0 Å². The fourth-order valence-electron chi connectivity index (χ4n) is 0.927. The number of anilines is 1. The minimum atomic E-state index is 0.378. The van der Waals surface area contributed by atoms with Gasteiger partial charge in [-0.25, -0.2) is 5.48 Å². The van der Waals surface area contributed by atoms with Crippen molar-refractivity contribution >= 4 is 12.1 Å². The van der Waals surface area contributed by atoms with Crippen LogP contribution in [0.2, 0.25) is 0 Å². The van der Waals surface area contributed by atoms with Crippen molar-refractivity contribution in [3.8, 4) is 0 Å². The Labute approximate surface area is 76.9 Å². The van der Waals surface area contributed by atoms with E-state index < -0.39 is 0 Å². The molecular weight excluding hydrogens is 168 g/mol. The Morgan fingerprint density at radius 3 is 2.62 bits per heavy atom. The number of hydrogen-bond acceptors (Lipinski definition) is 3. The highest BCUT2D eigenvalue weighted by Crippen LogP contribution is 2.08. The molecule has 0 saturated heterocycles. The van der Waals surface area contributed by atoms with Crippen molar-refractivity contribution in [2.45, 2.75) is 6.61 Å². The van der Waals surface area contributed by atoms with Crippen molar-refractivity contribution < 1.29 is 9.63 Å². The minimum Gasteiger partial charge on any atom is -0.388 e. The van der Waals surface area contributed by atoms with Crippen LogP contribution in [0.4, 0.5) is 5.69 Å². The highest BCUT2D eigenvalue weighted by molar-refractivity contribution is 5.44. The summed E-state index contributed by atoms with van der Waals surface area (Å²) in [5, 5.41) is 3.01. The molecule has 0 aromatic heterocycles. The summed E-state index contributed by atoms with van der Waals surface area (Å²) in [5.41, 5.74) is 4.19. The van der Waals surface area contributed by atoms with Gasteiger partial charge in [0, 0.05) is 12.7 Å². The average Bonchev–Trinajstić information content (AvgIpc) is 2.19. The molecule has 0 aliphatic rings. The molecule has 1 rings (SSSR count). The van der Waals surface area contributed by atoms with Crippen molar-refractivity contribution in [2.24, 2.45) is 0 Å². The maximum atomic E-state index is 9.85. The Kier molecular flexibility index (Phi) is 3.78. The van der Waals surface area contributed by atoms with Gasteiger partial charge in [0.25, 0.3) is 0 Å². The van der Waals surface area contributed by atoms with Gasteiger partial charge in [-0.05, 0) is 17.7 Å². The standard InChI is InChI=1S/C9H12N2O2/c1-10-9-4-2-8(3-5-9)6-13-11-7-12/h2-5,7,10H,6H2,1H3,(H,11,12). The third-order valence-electron chi connectivity index (χ3n) is 1.61. The van der Waals surface area contributed by atoms with Crippen molar-refractivity contribution in [1.29, 1.82) is 0 Å². The van der Waals surface area contributed by atoms with E-state index in [1.165, 1.54) is 0 Å². The third-order valence-corrected chi connectivity index (χ3v) is 1.61. The fourth-order valence-corrected chi connectivity index (χ4v) is 0.927. The number of hydrogen-bond donors (Lipinski definition) is 2. The predicted molar refractivity (Wildman–Crippen MR) is 50.0 cm³/mol. The molecule has 4 heteroatoms. The molecule has 13 heavy (non-hydrogen) atoms. The molecule has 0 heterocycles. The lowest BCUT2D eigenvalue weighted by Crippen LogP contribution is -2.10. The summed E-state index contributed by atoms with van der Waals surface area (Å²) in [4.78, 5) is 14.7. The first kappa shape index (κ1) is 9.54. The molecule has 0 bridgehead atoms. The zero-order valence-electron chi connectivity index (χ0n) is 7.41. The second-order valence-corrected chi connectivity index (χ2v) is 2.47. The topological polar surface area (TPSA) is 50.4 Å². The quantitative estimate of drug-likeness (QED) is 0.402. The Hall–Kier alpha value is -1.55. The van der Waals surface area contributed by atoms with Crippen LogP contribution >= 0.6 is 0 Å². The molecule has 70 valence electrons. The second-order valence-electron chi connectivity index (χ2n) is 2.47. The maximum absolute atomic E-state index is 9.85. The van der Waals surface area contributed by atoms with Gasteiger partial charge in [0.2, 0.25) is 6.41 Å². The Morgan fingerprint density at radius 2 is 2.08 bits per heavy atom. The monoisotopic (exact) mass is 180 g/mol. The van der Waals surface area contributed by atoms with E-state index in [1.807, 2.05) is 31.3 Å². The van der Waals surface area contributed by atoms with Gasteiger partial charge >= 0.3 is 0 Å². The number of amides is 1. The van der Waals surface area contributed by atoms with Gasteiger partial charge in [-0.1, -0.05) is 12.1 Å². The molecule has 4 nitrogen and oxygen atoms in total. The van der Waals surface area contributed by atoms with Crippen LogP contribution in [0.25, 0.3) is 0 Å². The average molecular weight is 180 g/mol. The number of carbonyl (C=O) groups excluding carboxylic acids is 1. The van der Waals surface area contributed by atoms with Crippen molar-refractivity contribution in [3.05, 3.63) is 29.8 Å². The van der Waals surface area contributed by atoms with E-state index in [0.717, 1.165) is 11.3 Å². The van der Waals surface area contributed by atoms with Gasteiger partial charge in [-0.2, -0.15) is 0 Å². The Morgan fingerprint density at radius 1 is 1.38 bits per heavy atom. The predicted octanol–water partition coefficient (Wildman–Crippen LogP) is 0.906. The van der Waals surface area contributed by atoms with Gasteiger partial charge in [0.1, 0.15) is 0 Å². The second kappa shape index (κ2) is 5.16. The maximum Gasteiger partial charge on any atom is 0.230 e. The number of nitrogens with one attached hydrogen (secondary N) is 2. The van der Waals surface area contributed by atoms with Crippen LogP contribution in [-0.4, -0.2) is 13.5 Å². The lowest BCUT2D eigenvalue weighted by Gasteiger charge is -2.03. The molecule has 0 spiro atoms. The van der Waals surface area contributed by atoms with E-state index in [2.05, 4.69) is 10.8 Å². The van der Waals surface area contributed by atoms with Gasteiger partial charge < -0.3 is 5.32 Å². The summed E-state index contributed by atoms with van der Waals surface area (Å²) in [6.45, 7) is 0.378. The first-order chi connectivity index (χ1) is 6.36. The smallest absolute Gasteiger partial charge is 0.230 e. The van der Waals surface area contributed by atoms with Crippen molar-refractivity contribution in [3.63, 3.8) is 0 Å². The van der Waals surface area contributed by atoms with E-state index in [9.17, 15) is 4.79 Å². The number of hydroxylamine groups is 1. The van der Waals surface area contributed by atoms with Crippen LogP contribution in [-0.2, 0) is 16.2 Å². The Balaban J connectivity index is 2.44. The van der Waals surface area contributed by atoms with Crippen LogP contribution < -0.4 is 10.8 Å². The molecule has 0 unspecified atom stereocenters. The lowest BCUT2D eigenvalue weighted by atomic mass is 10.2. The highest BCUT2D eigenvalue weighted by Gasteiger charge is 1.92. The molecule has 0 aliphatic heterocycles. The number of rotatable bonds is 5. The highest BCUT2D eigenvalue weighted by atomic mass is 16.6. The summed E-state index contributed by atoms with van der Waals surface area (Å²) >= 11 is 0. The van der Waals surface area contributed by atoms with Crippen LogP contribution in [0.15, 0.2) is 24.3 Å². The van der Waals surface area contributed by atoms with Crippen molar-refractivity contribution in [2.75, 3.05) is 12.4 Å². The molecule has 0 fully saturated rings. The molecule has 1 aromatic rings.